The maximum atomic E-state index is 12.8. The van der Waals surface area contributed by atoms with Gasteiger partial charge in [-0.05, 0) is 29.8 Å². The Labute approximate surface area is 159 Å². The van der Waals surface area contributed by atoms with E-state index in [1.54, 1.807) is 43.4 Å². The Balaban J connectivity index is 1.73. The van der Waals surface area contributed by atoms with Gasteiger partial charge in [-0.15, -0.1) is 0 Å². The van der Waals surface area contributed by atoms with E-state index in [0.717, 1.165) is 11.1 Å². The van der Waals surface area contributed by atoms with Crippen LogP contribution in [0, 0.1) is 0 Å². The largest absolute Gasteiger partial charge is 0.435 e. The summed E-state index contributed by atoms with van der Waals surface area (Å²) in [6.07, 6.45) is 1.47. The third-order valence-corrected chi connectivity index (χ3v) is 4.17. The lowest BCUT2D eigenvalue weighted by molar-refractivity contribution is -0.0498. The van der Waals surface area contributed by atoms with E-state index in [0.29, 0.717) is 22.8 Å². The van der Waals surface area contributed by atoms with Crippen molar-refractivity contribution in [3.63, 3.8) is 0 Å². The highest BCUT2D eigenvalue weighted by molar-refractivity contribution is 6.30. The number of carbonyl (C=O) groups excluding carboxylic acids is 1. The number of nitrogens with zero attached hydrogens (tertiary/aromatic N) is 2. The molecule has 0 bridgehead atoms. The van der Waals surface area contributed by atoms with Gasteiger partial charge < -0.3 is 9.64 Å². The van der Waals surface area contributed by atoms with E-state index >= 15 is 0 Å². The lowest BCUT2D eigenvalue weighted by atomic mass is 10.1. The van der Waals surface area contributed by atoms with Gasteiger partial charge in [0.05, 0.1) is 17.5 Å². The van der Waals surface area contributed by atoms with Gasteiger partial charge in [-0.2, -0.15) is 13.9 Å². The zero-order chi connectivity index (χ0) is 19.4. The number of alkyl halides is 2. The van der Waals surface area contributed by atoms with Crippen molar-refractivity contribution in [3.8, 4) is 17.0 Å². The number of carbonyl (C=O) groups is 1. The maximum Gasteiger partial charge on any atom is 0.387 e. The lowest BCUT2D eigenvalue weighted by Crippen LogP contribution is -2.26. The molecule has 0 aliphatic rings. The number of aromatic amines is 1. The topological polar surface area (TPSA) is 58.2 Å². The molecule has 2 aromatic carbocycles. The Hall–Kier alpha value is -2.93. The van der Waals surface area contributed by atoms with Crippen LogP contribution in [0.5, 0.6) is 5.75 Å². The predicted molar refractivity (Wildman–Crippen MR) is 97.9 cm³/mol. The Morgan fingerprint density at radius 2 is 1.85 bits per heavy atom. The Kier molecular flexibility index (Phi) is 5.71. The second-order valence-corrected chi connectivity index (χ2v) is 6.29. The number of aromatic nitrogens is 2. The molecule has 0 saturated carbocycles. The van der Waals surface area contributed by atoms with Crippen LogP contribution in [-0.2, 0) is 6.54 Å². The quantitative estimate of drug-likeness (QED) is 0.668. The number of hydrogen-bond donors (Lipinski definition) is 1. The molecule has 3 aromatic rings. The van der Waals surface area contributed by atoms with Crippen LogP contribution in [-0.4, -0.2) is 34.7 Å². The van der Waals surface area contributed by atoms with Crippen molar-refractivity contribution in [1.29, 1.82) is 0 Å². The number of rotatable bonds is 6. The first kappa shape index (κ1) is 18.8. The molecule has 1 amide bonds. The summed E-state index contributed by atoms with van der Waals surface area (Å²) in [7, 11) is 1.66. The summed E-state index contributed by atoms with van der Waals surface area (Å²) in [5.74, 6) is -0.149. The molecule has 27 heavy (non-hydrogen) atoms. The van der Waals surface area contributed by atoms with Crippen LogP contribution >= 0.6 is 11.6 Å². The molecule has 1 N–H and O–H groups in total. The molecular formula is C19H16ClF2N3O2. The zero-order valence-electron chi connectivity index (χ0n) is 14.3. The zero-order valence-corrected chi connectivity index (χ0v) is 15.1. The Morgan fingerprint density at radius 3 is 2.48 bits per heavy atom. The smallest absolute Gasteiger partial charge is 0.387 e. The van der Waals surface area contributed by atoms with Gasteiger partial charge in [-0.25, -0.2) is 0 Å². The molecule has 0 aliphatic carbocycles. The van der Waals surface area contributed by atoms with E-state index in [4.69, 9.17) is 11.6 Å². The number of amides is 1. The van der Waals surface area contributed by atoms with Gasteiger partial charge >= 0.3 is 6.61 Å². The van der Waals surface area contributed by atoms with Gasteiger partial charge in [0.25, 0.3) is 5.91 Å². The molecule has 0 radical (unpaired) electrons. The van der Waals surface area contributed by atoms with Crippen LogP contribution in [0.25, 0.3) is 11.3 Å². The third kappa shape index (κ3) is 4.62. The van der Waals surface area contributed by atoms with E-state index in [1.807, 2.05) is 0 Å². The van der Waals surface area contributed by atoms with Crippen molar-refractivity contribution >= 4 is 17.5 Å². The molecule has 1 heterocycles. The minimum atomic E-state index is -2.87. The molecule has 0 unspecified atom stereocenters. The number of H-pyrrole nitrogens is 1. The molecule has 8 heteroatoms. The van der Waals surface area contributed by atoms with Crippen LogP contribution in [0.1, 0.15) is 15.9 Å². The Bertz CT molecular complexity index is 911. The van der Waals surface area contributed by atoms with Gasteiger partial charge in [0.1, 0.15) is 5.75 Å². The fourth-order valence-corrected chi connectivity index (χ4v) is 2.74. The average Bonchev–Trinajstić information content (AvgIpc) is 3.12. The van der Waals surface area contributed by atoms with E-state index in [2.05, 4.69) is 14.9 Å². The second kappa shape index (κ2) is 8.18. The molecule has 3 rings (SSSR count). The molecule has 1 aromatic heterocycles. The summed E-state index contributed by atoms with van der Waals surface area (Å²) in [6, 6.07) is 13.2. The fourth-order valence-electron chi connectivity index (χ4n) is 2.61. The summed E-state index contributed by atoms with van der Waals surface area (Å²) in [4.78, 5) is 14.3. The highest BCUT2D eigenvalue weighted by Crippen LogP contribution is 2.24. The number of benzene rings is 2. The predicted octanol–water partition coefficient (Wildman–Crippen LogP) is 4.60. The maximum absolute atomic E-state index is 12.8. The molecule has 5 nitrogen and oxygen atoms in total. The summed E-state index contributed by atoms with van der Waals surface area (Å²) in [6.45, 7) is -2.56. The highest BCUT2D eigenvalue weighted by Gasteiger charge is 2.19. The first-order valence-corrected chi connectivity index (χ1v) is 8.40. The second-order valence-electron chi connectivity index (χ2n) is 5.85. The first-order valence-electron chi connectivity index (χ1n) is 8.02. The van der Waals surface area contributed by atoms with Crippen molar-refractivity contribution in [3.05, 3.63) is 70.9 Å². The van der Waals surface area contributed by atoms with Gasteiger partial charge in [0, 0.05) is 24.2 Å². The third-order valence-electron chi connectivity index (χ3n) is 3.92. The molecule has 140 valence electrons. The SMILES string of the molecule is CN(Cc1ccc(OC(F)F)cc1)C(=O)c1cn[nH]c1-c1ccc(Cl)cc1. The van der Waals surface area contributed by atoms with Crippen LogP contribution in [0.3, 0.4) is 0 Å². The van der Waals surface area contributed by atoms with Crippen molar-refractivity contribution in [1.82, 2.24) is 15.1 Å². The van der Waals surface area contributed by atoms with Crippen LogP contribution in [0.4, 0.5) is 8.78 Å². The number of halogens is 3. The van der Waals surface area contributed by atoms with Crippen molar-refractivity contribution in [2.75, 3.05) is 7.05 Å². The average molecular weight is 392 g/mol. The van der Waals surface area contributed by atoms with Crippen LogP contribution in [0.15, 0.2) is 54.7 Å². The summed E-state index contributed by atoms with van der Waals surface area (Å²) < 4.78 is 28.7. The monoisotopic (exact) mass is 391 g/mol. The Morgan fingerprint density at radius 1 is 1.19 bits per heavy atom. The minimum absolute atomic E-state index is 0.0718. The van der Waals surface area contributed by atoms with E-state index in [-0.39, 0.29) is 11.7 Å². The van der Waals surface area contributed by atoms with E-state index in [9.17, 15) is 13.6 Å². The van der Waals surface area contributed by atoms with Gasteiger partial charge in [0.2, 0.25) is 0 Å². The normalized spacial score (nSPS) is 10.9. The van der Waals surface area contributed by atoms with Crippen LogP contribution < -0.4 is 4.74 Å². The van der Waals surface area contributed by atoms with E-state index < -0.39 is 6.61 Å². The molecule has 0 fully saturated rings. The molecule has 0 saturated heterocycles. The summed E-state index contributed by atoms with van der Waals surface area (Å²) in [5.41, 5.74) is 2.60. The molecular weight excluding hydrogens is 376 g/mol. The highest BCUT2D eigenvalue weighted by atomic mass is 35.5. The number of hydrogen-bond acceptors (Lipinski definition) is 3. The number of ether oxygens (including phenoxy) is 1. The molecule has 0 atom stereocenters. The van der Waals surface area contributed by atoms with Gasteiger partial charge in [-0.3, -0.25) is 9.89 Å². The van der Waals surface area contributed by atoms with Gasteiger partial charge in [-0.1, -0.05) is 35.9 Å². The fraction of sp³-hybridized carbons (Fsp3) is 0.158. The standard InChI is InChI=1S/C19H16ClF2N3O2/c1-25(11-12-2-8-15(9-3-12)27-19(21)22)18(26)16-10-23-24-17(16)13-4-6-14(20)7-5-13/h2-10,19H,11H2,1H3,(H,23,24). The van der Waals surface area contributed by atoms with Gasteiger partial charge in [0.15, 0.2) is 0 Å². The van der Waals surface area contributed by atoms with E-state index in [1.165, 1.54) is 23.2 Å². The molecule has 0 aliphatic heterocycles. The first-order chi connectivity index (χ1) is 12.9. The minimum Gasteiger partial charge on any atom is -0.435 e. The number of nitrogens with one attached hydrogen (secondary N) is 1. The van der Waals surface area contributed by atoms with Crippen molar-refractivity contribution in [2.24, 2.45) is 0 Å². The van der Waals surface area contributed by atoms with Crippen LogP contribution in [0.2, 0.25) is 5.02 Å². The molecule has 0 spiro atoms. The van der Waals surface area contributed by atoms with Crippen molar-refractivity contribution in [2.45, 2.75) is 13.2 Å². The summed E-state index contributed by atoms with van der Waals surface area (Å²) >= 11 is 5.90. The summed E-state index contributed by atoms with van der Waals surface area (Å²) in [5, 5.41) is 7.42. The van der Waals surface area contributed by atoms with Crippen molar-refractivity contribution < 1.29 is 18.3 Å². The lowest BCUT2D eigenvalue weighted by Gasteiger charge is -2.17.